The molecule has 1 fully saturated rings. The average molecular weight is 188 g/mol. The SMILES string of the molecule is CCOCC1CNCC([B]P)O1. The van der Waals surface area contributed by atoms with Crippen molar-refractivity contribution in [3.05, 3.63) is 0 Å². The first-order chi connectivity index (χ1) is 5.86. The number of rotatable bonds is 4. The van der Waals surface area contributed by atoms with Gasteiger partial charge in [0.15, 0.2) is 7.00 Å². The van der Waals surface area contributed by atoms with Gasteiger partial charge in [0.2, 0.25) is 0 Å². The van der Waals surface area contributed by atoms with E-state index in [4.69, 9.17) is 9.47 Å². The molecule has 3 nitrogen and oxygen atoms in total. The van der Waals surface area contributed by atoms with Crippen molar-refractivity contribution in [1.29, 1.82) is 0 Å². The lowest BCUT2D eigenvalue weighted by molar-refractivity contribution is -0.0451. The highest BCUT2D eigenvalue weighted by Crippen LogP contribution is 2.05. The Labute approximate surface area is 77.0 Å². The first kappa shape index (κ1) is 10.5. The van der Waals surface area contributed by atoms with Crippen LogP contribution < -0.4 is 5.32 Å². The molecule has 1 N–H and O–H groups in total. The van der Waals surface area contributed by atoms with Crippen molar-refractivity contribution in [3.8, 4) is 0 Å². The van der Waals surface area contributed by atoms with Crippen molar-refractivity contribution in [1.82, 2.24) is 5.32 Å². The van der Waals surface area contributed by atoms with Crippen molar-refractivity contribution in [2.45, 2.75) is 19.0 Å². The fourth-order valence-electron chi connectivity index (χ4n) is 1.19. The smallest absolute Gasteiger partial charge is 0.178 e. The molecule has 1 saturated heterocycles. The van der Waals surface area contributed by atoms with Crippen LogP contribution in [0.3, 0.4) is 0 Å². The van der Waals surface area contributed by atoms with Crippen molar-refractivity contribution in [2.75, 3.05) is 26.3 Å². The van der Waals surface area contributed by atoms with E-state index in [1.165, 1.54) is 0 Å². The van der Waals surface area contributed by atoms with Crippen LogP contribution >= 0.6 is 9.12 Å². The van der Waals surface area contributed by atoms with Crippen LogP contribution in [0.4, 0.5) is 0 Å². The highest BCUT2D eigenvalue weighted by atomic mass is 31.0. The van der Waals surface area contributed by atoms with Crippen LogP contribution in [0.2, 0.25) is 0 Å². The molecule has 5 heteroatoms. The number of morpholine rings is 1. The van der Waals surface area contributed by atoms with Gasteiger partial charge in [0, 0.05) is 25.7 Å². The molecule has 0 aromatic rings. The molecular formula is C7H16BNO2P. The molecule has 12 heavy (non-hydrogen) atoms. The second-order valence-electron chi connectivity index (χ2n) is 2.81. The average Bonchev–Trinajstić information content (AvgIpc) is 2.15. The van der Waals surface area contributed by atoms with Crippen LogP contribution in [0.1, 0.15) is 6.92 Å². The van der Waals surface area contributed by atoms with E-state index in [0.29, 0.717) is 6.61 Å². The summed E-state index contributed by atoms with van der Waals surface area (Å²) in [5.74, 6) is 0. The lowest BCUT2D eigenvalue weighted by Gasteiger charge is -2.29. The summed E-state index contributed by atoms with van der Waals surface area (Å²) in [6.07, 6.45) is 0.209. The zero-order valence-corrected chi connectivity index (χ0v) is 8.61. The topological polar surface area (TPSA) is 30.5 Å². The fourth-order valence-corrected chi connectivity index (χ4v) is 1.42. The van der Waals surface area contributed by atoms with Crippen LogP contribution in [-0.2, 0) is 9.47 Å². The Kier molecular flexibility index (Phi) is 5.16. The Bertz CT molecular complexity index is 128. The van der Waals surface area contributed by atoms with E-state index >= 15 is 0 Å². The van der Waals surface area contributed by atoms with Gasteiger partial charge in [0.05, 0.1) is 12.7 Å². The number of ether oxygens (including phenoxy) is 2. The van der Waals surface area contributed by atoms with E-state index in [9.17, 15) is 0 Å². The minimum atomic E-state index is 0.209. The molecule has 0 spiro atoms. The highest BCUT2D eigenvalue weighted by Gasteiger charge is 2.20. The lowest BCUT2D eigenvalue weighted by Crippen LogP contribution is -2.48. The second kappa shape index (κ2) is 5.93. The summed E-state index contributed by atoms with van der Waals surface area (Å²) < 4.78 is 11.0. The predicted molar refractivity (Wildman–Crippen MR) is 53.5 cm³/mol. The van der Waals surface area contributed by atoms with Gasteiger partial charge in [0.1, 0.15) is 0 Å². The van der Waals surface area contributed by atoms with Gasteiger partial charge in [-0.1, -0.05) is 0 Å². The Balaban J connectivity index is 2.16. The standard InChI is InChI=1S/C7H16BNO2P/c1-2-10-5-6-3-9-4-7(8-12)11-6/h6-7,9H,2-5,12H2,1H3. The molecule has 0 aliphatic carbocycles. The summed E-state index contributed by atoms with van der Waals surface area (Å²) in [6, 6.07) is 0.217. The van der Waals surface area contributed by atoms with Crippen molar-refractivity contribution < 1.29 is 9.47 Å². The number of nitrogens with one attached hydrogen (secondary N) is 1. The Morgan fingerprint density at radius 2 is 2.50 bits per heavy atom. The maximum absolute atomic E-state index is 5.67. The quantitative estimate of drug-likeness (QED) is 0.490. The van der Waals surface area contributed by atoms with Crippen molar-refractivity contribution in [2.24, 2.45) is 0 Å². The van der Waals surface area contributed by atoms with Crippen LogP contribution in [0.25, 0.3) is 0 Å². The molecule has 0 amide bonds. The minimum Gasteiger partial charge on any atom is -0.379 e. The van der Waals surface area contributed by atoms with Crippen LogP contribution in [0, 0.1) is 0 Å². The van der Waals surface area contributed by atoms with Gasteiger partial charge >= 0.3 is 0 Å². The molecule has 0 aromatic heterocycles. The molecule has 69 valence electrons. The van der Waals surface area contributed by atoms with Gasteiger partial charge in [-0.2, -0.15) is 9.12 Å². The summed E-state index contributed by atoms with van der Waals surface area (Å²) >= 11 is 0. The van der Waals surface area contributed by atoms with E-state index in [-0.39, 0.29) is 12.1 Å². The minimum absolute atomic E-state index is 0.209. The highest BCUT2D eigenvalue weighted by molar-refractivity contribution is 7.56. The third kappa shape index (κ3) is 3.40. The molecule has 1 radical (unpaired) electrons. The molecule has 1 rings (SSSR count). The summed E-state index contributed by atoms with van der Waals surface area (Å²) in [5, 5.41) is 3.30. The zero-order chi connectivity index (χ0) is 8.81. The van der Waals surface area contributed by atoms with Crippen molar-refractivity contribution >= 4 is 16.1 Å². The van der Waals surface area contributed by atoms with Gasteiger partial charge in [-0.15, -0.1) is 0 Å². The molecule has 1 heterocycles. The monoisotopic (exact) mass is 188 g/mol. The fraction of sp³-hybridized carbons (Fsp3) is 1.00. The Morgan fingerprint density at radius 3 is 3.17 bits per heavy atom. The van der Waals surface area contributed by atoms with Gasteiger partial charge in [-0.05, 0) is 6.92 Å². The molecular weight excluding hydrogens is 172 g/mol. The zero-order valence-electron chi connectivity index (χ0n) is 7.45. The maximum Gasteiger partial charge on any atom is 0.178 e. The predicted octanol–water partition coefficient (Wildman–Crippen LogP) is -0.168. The third-order valence-corrected chi connectivity index (χ3v) is 2.24. The Hall–Kier alpha value is 0.375. The maximum atomic E-state index is 5.67. The Morgan fingerprint density at radius 1 is 1.67 bits per heavy atom. The molecule has 3 atom stereocenters. The summed E-state index contributed by atoms with van der Waals surface area (Å²) in [6.45, 7) is 7.25. The van der Waals surface area contributed by atoms with Crippen LogP contribution in [-0.4, -0.2) is 45.4 Å². The van der Waals surface area contributed by atoms with Gasteiger partial charge in [-0.3, -0.25) is 0 Å². The molecule has 0 bridgehead atoms. The van der Waals surface area contributed by atoms with E-state index in [0.717, 1.165) is 19.7 Å². The van der Waals surface area contributed by atoms with E-state index in [1.54, 1.807) is 0 Å². The third-order valence-electron chi connectivity index (χ3n) is 1.81. The lowest BCUT2D eigenvalue weighted by atomic mass is 9.96. The van der Waals surface area contributed by atoms with E-state index < -0.39 is 0 Å². The first-order valence-corrected chi connectivity index (χ1v) is 5.02. The molecule has 1 aliphatic heterocycles. The first-order valence-electron chi connectivity index (χ1n) is 4.35. The second-order valence-corrected chi connectivity index (χ2v) is 3.19. The number of hydrogen-bond donors (Lipinski definition) is 1. The van der Waals surface area contributed by atoms with Crippen LogP contribution in [0.15, 0.2) is 0 Å². The largest absolute Gasteiger partial charge is 0.379 e. The van der Waals surface area contributed by atoms with E-state index in [2.05, 4.69) is 14.4 Å². The van der Waals surface area contributed by atoms with Crippen molar-refractivity contribution in [3.63, 3.8) is 0 Å². The van der Waals surface area contributed by atoms with Gasteiger partial charge < -0.3 is 14.8 Å². The molecule has 0 aromatic carbocycles. The van der Waals surface area contributed by atoms with Crippen LogP contribution in [0.5, 0.6) is 0 Å². The van der Waals surface area contributed by atoms with E-state index in [1.807, 2.05) is 13.9 Å². The summed E-state index contributed by atoms with van der Waals surface area (Å²) in [5.41, 5.74) is 0. The molecule has 1 aliphatic rings. The summed E-state index contributed by atoms with van der Waals surface area (Å²) in [7, 11) is 2.58. The van der Waals surface area contributed by atoms with Gasteiger partial charge in [0.25, 0.3) is 0 Å². The normalized spacial score (nSPS) is 30.2. The van der Waals surface area contributed by atoms with Gasteiger partial charge in [-0.25, -0.2) is 0 Å². The summed E-state index contributed by atoms with van der Waals surface area (Å²) in [4.78, 5) is 0. The molecule has 0 saturated carbocycles. The number of hydrogen-bond acceptors (Lipinski definition) is 3. The molecule has 3 unspecified atom stereocenters.